The van der Waals surface area contributed by atoms with Crippen LogP contribution in [0.15, 0.2) is 18.2 Å². The number of carbonyl (C=O) groups excluding carboxylic acids is 1. The molecule has 1 aromatic rings. The molecule has 0 aliphatic carbocycles. The Hall–Kier alpha value is -1.75. The summed E-state index contributed by atoms with van der Waals surface area (Å²) in [5, 5.41) is 0. The van der Waals surface area contributed by atoms with Gasteiger partial charge in [0.2, 0.25) is 5.91 Å². The zero-order valence-electron chi connectivity index (χ0n) is 16.1. The van der Waals surface area contributed by atoms with Crippen molar-refractivity contribution in [3.8, 4) is 0 Å². The highest BCUT2D eigenvalue weighted by Gasteiger charge is 2.17. The SMILES string of the molecule is CCCN(CCC)C(=O)CCc1ccc(N2CCN(C)CC2)c(N)c1. The summed E-state index contributed by atoms with van der Waals surface area (Å²) in [6, 6.07) is 6.29. The molecule has 0 radical (unpaired) electrons. The first kappa shape index (κ1) is 19.6. The van der Waals surface area contributed by atoms with Crippen LogP contribution in [-0.4, -0.2) is 62.0 Å². The average Bonchev–Trinajstić information content (AvgIpc) is 2.60. The van der Waals surface area contributed by atoms with Crippen LogP contribution in [0.5, 0.6) is 0 Å². The average molecular weight is 347 g/mol. The Morgan fingerprint density at radius 3 is 2.32 bits per heavy atom. The second-order valence-corrected chi connectivity index (χ2v) is 7.06. The molecule has 5 heteroatoms. The van der Waals surface area contributed by atoms with Gasteiger partial charge < -0.3 is 20.4 Å². The summed E-state index contributed by atoms with van der Waals surface area (Å²) in [5.74, 6) is 0.255. The lowest BCUT2D eigenvalue weighted by atomic mass is 10.1. The van der Waals surface area contributed by atoms with E-state index in [-0.39, 0.29) is 5.91 Å². The molecule has 1 amide bonds. The number of amides is 1. The number of carbonyl (C=O) groups is 1. The van der Waals surface area contributed by atoms with Gasteiger partial charge in [-0.1, -0.05) is 19.9 Å². The lowest BCUT2D eigenvalue weighted by Crippen LogP contribution is -2.44. The molecule has 5 nitrogen and oxygen atoms in total. The fourth-order valence-corrected chi connectivity index (χ4v) is 3.41. The van der Waals surface area contributed by atoms with Crippen LogP contribution in [0.25, 0.3) is 0 Å². The van der Waals surface area contributed by atoms with E-state index in [2.05, 4.69) is 42.8 Å². The van der Waals surface area contributed by atoms with Crippen molar-refractivity contribution in [1.29, 1.82) is 0 Å². The largest absolute Gasteiger partial charge is 0.397 e. The highest BCUT2D eigenvalue weighted by molar-refractivity contribution is 5.76. The van der Waals surface area contributed by atoms with Crippen LogP contribution < -0.4 is 10.6 Å². The fraction of sp³-hybridized carbons (Fsp3) is 0.650. The van der Waals surface area contributed by atoms with Crippen molar-refractivity contribution in [2.24, 2.45) is 0 Å². The Bertz CT molecular complexity index is 547. The highest BCUT2D eigenvalue weighted by Crippen LogP contribution is 2.26. The summed E-state index contributed by atoms with van der Waals surface area (Å²) in [7, 11) is 2.15. The summed E-state index contributed by atoms with van der Waals surface area (Å²) in [5.41, 5.74) is 9.40. The van der Waals surface area contributed by atoms with Gasteiger partial charge in [0, 0.05) is 45.7 Å². The monoisotopic (exact) mass is 346 g/mol. The minimum Gasteiger partial charge on any atom is -0.397 e. The van der Waals surface area contributed by atoms with Gasteiger partial charge in [-0.2, -0.15) is 0 Å². The van der Waals surface area contributed by atoms with Gasteiger partial charge in [-0.15, -0.1) is 0 Å². The third kappa shape index (κ3) is 5.63. The predicted molar refractivity (Wildman–Crippen MR) is 106 cm³/mol. The normalized spacial score (nSPS) is 15.4. The van der Waals surface area contributed by atoms with Gasteiger partial charge in [-0.25, -0.2) is 0 Å². The molecule has 2 N–H and O–H groups in total. The Morgan fingerprint density at radius 1 is 1.12 bits per heavy atom. The molecular weight excluding hydrogens is 312 g/mol. The lowest BCUT2D eigenvalue weighted by Gasteiger charge is -2.34. The number of nitrogens with two attached hydrogens (primary N) is 1. The van der Waals surface area contributed by atoms with Gasteiger partial charge in [0.05, 0.1) is 11.4 Å². The van der Waals surface area contributed by atoms with Crippen LogP contribution in [0.4, 0.5) is 11.4 Å². The van der Waals surface area contributed by atoms with Crippen molar-refractivity contribution in [3.05, 3.63) is 23.8 Å². The molecule has 1 aliphatic heterocycles. The van der Waals surface area contributed by atoms with Crippen molar-refractivity contribution >= 4 is 17.3 Å². The number of aryl methyl sites for hydroxylation is 1. The molecular formula is C20H34N4O. The van der Waals surface area contributed by atoms with Crippen molar-refractivity contribution < 1.29 is 4.79 Å². The van der Waals surface area contributed by atoms with E-state index in [0.717, 1.165) is 75.5 Å². The molecule has 1 aromatic carbocycles. The standard InChI is InChI=1S/C20H34N4O/c1-4-10-24(11-5-2)20(25)9-7-17-6-8-19(18(21)16-17)23-14-12-22(3)13-15-23/h6,8,16H,4-5,7,9-15,21H2,1-3H3. The van der Waals surface area contributed by atoms with E-state index in [0.29, 0.717) is 6.42 Å². The van der Waals surface area contributed by atoms with Crippen LogP contribution in [0.2, 0.25) is 0 Å². The number of hydrogen-bond donors (Lipinski definition) is 1. The quantitative estimate of drug-likeness (QED) is 0.735. The smallest absolute Gasteiger partial charge is 0.222 e. The Morgan fingerprint density at radius 2 is 1.76 bits per heavy atom. The molecule has 140 valence electrons. The van der Waals surface area contributed by atoms with Crippen LogP contribution >= 0.6 is 0 Å². The number of nitrogens with zero attached hydrogens (tertiary/aromatic N) is 3. The molecule has 0 saturated carbocycles. The third-order valence-electron chi connectivity index (χ3n) is 4.90. The first-order chi connectivity index (χ1) is 12.0. The summed E-state index contributed by atoms with van der Waals surface area (Å²) < 4.78 is 0. The van der Waals surface area contributed by atoms with Crippen LogP contribution in [0.3, 0.4) is 0 Å². The zero-order chi connectivity index (χ0) is 18.2. The molecule has 0 spiro atoms. The Kier molecular flexibility index (Phi) is 7.56. The number of rotatable bonds is 8. The fourth-order valence-electron chi connectivity index (χ4n) is 3.41. The number of anilines is 2. The number of likely N-dealkylation sites (N-methyl/N-ethyl adjacent to an activating group) is 1. The molecule has 25 heavy (non-hydrogen) atoms. The van der Waals surface area contributed by atoms with E-state index in [4.69, 9.17) is 5.73 Å². The second kappa shape index (κ2) is 9.66. The van der Waals surface area contributed by atoms with E-state index >= 15 is 0 Å². The molecule has 1 fully saturated rings. The lowest BCUT2D eigenvalue weighted by molar-refractivity contribution is -0.131. The van der Waals surface area contributed by atoms with Gasteiger partial charge in [0.25, 0.3) is 0 Å². The van der Waals surface area contributed by atoms with Crippen LogP contribution in [-0.2, 0) is 11.2 Å². The Balaban J connectivity index is 1.92. The minimum atomic E-state index is 0.255. The van der Waals surface area contributed by atoms with Gasteiger partial charge in [0.1, 0.15) is 0 Å². The molecule has 0 atom stereocenters. The Labute approximate surface area is 152 Å². The molecule has 0 bridgehead atoms. The third-order valence-corrected chi connectivity index (χ3v) is 4.90. The number of benzene rings is 1. The highest BCUT2D eigenvalue weighted by atomic mass is 16.2. The van der Waals surface area contributed by atoms with Crippen LogP contribution in [0.1, 0.15) is 38.7 Å². The second-order valence-electron chi connectivity index (χ2n) is 7.06. The van der Waals surface area contributed by atoms with Gasteiger partial charge in [-0.05, 0) is 44.0 Å². The maximum Gasteiger partial charge on any atom is 0.222 e. The molecule has 0 unspecified atom stereocenters. The summed E-state index contributed by atoms with van der Waals surface area (Å²) in [4.78, 5) is 19.1. The number of hydrogen-bond acceptors (Lipinski definition) is 4. The van der Waals surface area contributed by atoms with Crippen molar-refractivity contribution in [3.63, 3.8) is 0 Å². The topological polar surface area (TPSA) is 52.8 Å². The van der Waals surface area contributed by atoms with Gasteiger partial charge in [-0.3, -0.25) is 4.79 Å². The summed E-state index contributed by atoms with van der Waals surface area (Å²) in [6.07, 6.45) is 3.35. The summed E-state index contributed by atoms with van der Waals surface area (Å²) in [6.45, 7) is 10.1. The molecule has 0 aromatic heterocycles. The maximum absolute atomic E-state index is 12.4. The van der Waals surface area contributed by atoms with Gasteiger partial charge in [0.15, 0.2) is 0 Å². The van der Waals surface area contributed by atoms with Crippen molar-refractivity contribution in [2.75, 3.05) is 56.9 Å². The maximum atomic E-state index is 12.4. The van der Waals surface area contributed by atoms with Crippen LogP contribution in [0, 0.1) is 0 Å². The predicted octanol–water partition coefficient (Wildman–Crippen LogP) is 2.60. The minimum absolute atomic E-state index is 0.255. The first-order valence-electron chi connectivity index (χ1n) is 9.64. The first-order valence-corrected chi connectivity index (χ1v) is 9.64. The van der Waals surface area contributed by atoms with E-state index in [1.54, 1.807) is 0 Å². The molecule has 1 aliphatic rings. The van der Waals surface area contributed by atoms with Gasteiger partial charge >= 0.3 is 0 Å². The molecule has 1 saturated heterocycles. The van der Waals surface area contributed by atoms with E-state index in [9.17, 15) is 4.79 Å². The number of nitrogen functional groups attached to an aromatic ring is 1. The zero-order valence-corrected chi connectivity index (χ0v) is 16.1. The molecule has 2 rings (SSSR count). The van der Waals surface area contributed by atoms with E-state index in [1.165, 1.54) is 0 Å². The number of piperazine rings is 1. The molecule has 1 heterocycles. The van der Waals surface area contributed by atoms with Crippen molar-refractivity contribution in [2.45, 2.75) is 39.5 Å². The summed E-state index contributed by atoms with van der Waals surface area (Å²) >= 11 is 0. The van der Waals surface area contributed by atoms with E-state index in [1.807, 2.05) is 11.0 Å². The van der Waals surface area contributed by atoms with E-state index < -0.39 is 0 Å². The van der Waals surface area contributed by atoms with Crippen molar-refractivity contribution in [1.82, 2.24) is 9.80 Å².